The van der Waals surface area contributed by atoms with Crippen LogP contribution in [-0.4, -0.2) is 28.4 Å². The predicted molar refractivity (Wildman–Crippen MR) is 82.5 cm³/mol. The van der Waals surface area contributed by atoms with Crippen LogP contribution in [0, 0.1) is 0 Å². The second-order valence-corrected chi connectivity index (χ2v) is 6.43. The Bertz CT molecular complexity index is 486. The number of amides is 1. The van der Waals surface area contributed by atoms with Crippen LogP contribution in [0.25, 0.3) is 0 Å². The lowest BCUT2D eigenvalue weighted by molar-refractivity contribution is -0.114. The molecule has 6 heteroatoms. The zero-order valence-corrected chi connectivity index (χ0v) is 13.6. The molecule has 104 valence electrons. The topological polar surface area (TPSA) is 45.2 Å². The highest BCUT2D eigenvalue weighted by molar-refractivity contribution is 9.11. The van der Waals surface area contributed by atoms with Gasteiger partial charge in [0.1, 0.15) is 0 Å². The molecule has 19 heavy (non-hydrogen) atoms. The highest BCUT2D eigenvalue weighted by Gasteiger charge is 2.21. The van der Waals surface area contributed by atoms with Gasteiger partial charge in [0.25, 0.3) is 0 Å². The second kappa shape index (κ2) is 6.63. The molecule has 1 saturated heterocycles. The van der Waals surface area contributed by atoms with Gasteiger partial charge in [0.05, 0.1) is 0 Å². The Labute approximate surface area is 126 Å². The highest BCUT2D eigenvalue weighted by Crippen LogP contribution is 2.27. The van der Waals surface area contributed by atoms with E-state index in [1.807, 2.05) is 6.20 Å². The van der Waals surface area contributed by atoms with Crippen LogP contribution in [-0.2, 0) is 11.3 Å². The number of aromatic nitrogens is 1. The molecule has 1 aliphatic rings. The van der Waals surface area contributed by atoms with Crippen molar-refractivity contribution >= 4 is 38.3 Å². The Balaban J connectivity index is 1.94. The van der Waals surface area contributed by atoms with Gasteiger partial charge in [-0.15, -0.1) is 11.3 Å². The molecule has 0 saturated carbocycles. The summed E-state index contributed by atoms with van der Waals surface area (Å²) >= 11 is 4.98. The fraction of sp³-hybridized carbons (Fsp3) is 0.538. The van der Waals surface area contributed by atoms with Crippen molar-refractivity contribution in [3.8, 4) is 0 Å². The molecule has 1 amide bonds. The minimum Gasteiger partial charge on any atom is -0.302 e. The maximum absolute atomic E-state index is 11.0. The smallest absolute Gasteiger partial charge is 0.223 e. The molecule has 1 fully saturated rings. The summed E-state index contributed by atoms with van der Waals surface area (Å²) in [6.45, 7) is 5.74. The number of rotatable bonds is 3. The Morgan fingerprint density at radius 3 is 3.16 bits per heavy atom. The molecule has 1 unspecified atom stereocenters. The third-order valence-corrected chi connectivity index (χ3v) is 4.80. The lowest BCUT2D eigenvalue weighted by atomic mass is 9.99. The SMILES string of the molecule is CC(=O)Nc1ncc(CN2CC/C(=C/Br)CC2C)s1. The van der Waals surface area contributed by atoms with Crippen molar-refractivity contribution in [3.05, 3.63) is 21.6 Å². The lowest BCUT2D eigenvalue weighted by Crippen LogP contribution is -2.37. The predicted octanol–water partition coefficient (Wildman–Crippen LogP) is 3.36. The summed E-state index contributed by atoms with van der Waals surface area (Å²) in [7, 11) is 0. The maximum Gasteiger partial charge on any atom is 0.223 e. The first-order chi connectivity index (χ1) is 9.08. The van der Waals surface area contributed by atoms with Crippen LogP contribution in [0.15, 0.2) is 16.8 Å². The lowest BCUT2D eigenvalue weighted by Gasteiger charge is -2.34. The average molecular weight is 344 g/mol. The molecule has 0 spiro atoms. The fourth-order valence-corrected chi connectivity index (χ4v) is 3.54. The number of piperidine rings is 1. The molecule has 0 aromatic carbocycles. The van der Waals surface area contributed by atoms with Gasteiger partial charge in [0.2, 0.25) is 5.91 Å². The van der Waals surface area contributed by atoms with Gasteiger partial charge >= 0.3 is 0 Å². The van der Waals surface area contributed by atoms with Crippen molar-refractivity contribution in [1.82, 2.24) is 9.88 Å². The highest BCUT2D eigenvalue weighted by atomic mass is 79.9. The number of halogens is 1. The first-order valence-electron chi connectivity index (χ1n) is 6.33. The number of carbonyl (C=O) groups excluding carboxylic acids is 1. The van der Waals surface area contributed by atoms with Gasteiger partial charge in [0.15, 0.2) is 5.13 Å². The fourth-order valence-electron chi connectivity index (χ4n) is 2.24. The van der Waals surface area contributed by atoms with Crippen LogP contribution in [0.5, 0.6) is 0 Å². The second-order valence-electron chi connectivity index (χ2n) is 4.85. The summed E-state index contributed by atoms with van der Waals surface area (Å²) in [5.74, 6) is -0.0701. The number of hydrogen-bond acceptors (Lipinski definition) is 4. The van der Waals surface area contributed by atoms with Crippen LogP contribution in [0.3, 0.4) is 0 Å². The number of carbonyl (C=O) groups is 1. The Hall–Kier alpha value is -0.720. The van der Waals surface area contributed by atoms with E-state index in [1.165, 1.54) is 17.4 Å². The summed E-state index contributed by atoms with van der Waals surface area (Å²) in [5, 5.41) is 3.41. The minimum absolute atomic E-state index is 0.0701. The molecule has 2 rings (SSSR count). The summed E-state index contributed by atoms with van der Waals surface area (Å²) < 4.78 is 0. The van der Waals surface area contributed by atoms with E-state index in [-0.39, 0.29) is 5.91 Å². The zero-order chi connectivity index (χ0) is 13.8. The van der Waals surface area contributed by atoms with Crippen LogP contribution in [0.2, 0.25) is 0 Å². The van der Waals surface area contributed by atoms with E-state index < -0.39 is 0 Å². The summed E-state index contributed by atoms with van der Waals surface area (Å²) in [5.41, 5.74) is 1.48. The van der Waals surface area contributed by atoms with Crippen molar-refractivity contribution in [1.29, 1.82) is 0 Å². The molecule has 1 aromatic rings. The van der Waals surface area contributed by atoms with E-state index >= 15 is 0 Å². The van der Waals surface area contributed by atoms with Gasteiger partial charge in [0, 0.05) is 37.1 Å². The number of hydrogen-bond donors (Lipinski definition) is 1. The third kappa shape index (κ3) is 4.12. The van der Waals surface area contributed by atoms with Gasteiger partial charge in [-0.05, 0) is 24.8 Å². The monoisotopic (exact) mass is 343 g/mol. The molecular formula is C13H18BrN3OS. The average Bonchev–Trinajstić information content (AvgIpc) is 2.78. The van der Waals surface area contributed by atoms with Gasteiger partial charge in [-0.25, -0.2) is 4.98 Å². The molecule has 1 N–H and O–H groups in total. The molecule has 2 heterocycles. The van der Waals surface area contributed by atoms with E-state index in [1.54, 1.807) is 11.3 Å². The van der Waals surface area contributed by atoms with Crippen molar-refractivity contribution in [2.75, 3.05) is 11.9 Å². The van der Waals surface area contributed by atoms with Crippen molar-refractivity contribution < 1.29 is 4.79 Å². The molecular weight excluding hydrogens is 326 g/mol. The van der Waals surface area contributed by atoms with Crippen LogP contribution >= 0.6 is 27.3 Å². The van der Waals surface area contributed by atoms with Crippen LogP contribution in [0.4, 0.5) is 5.13 Å². The number of likely N-dealkylation sites (tertiary alicyclic amines) is 1. The molecule has 1 aromatic heterocycles. The molecule has 4 nitrogen and oxygen atoms in total. The number of anilines is 1. The number of nitrogens with one attached hydrogen (secondary N) is 1. The quantitative estimate of drug-likeness (QED) is 0.915. The molecule has 0 bridgehead atoms. The minimum atomic E-state index is -0.0701. The van der Waals surface area contributed by atoms with Crippen molar-refractivity contribution in [3.63, 3.8) is 0 Å². The number of thiazole rings is 1. The summed E-state index contributed by atoms with van der Waals surface area (Å²) in [4.78, 5) is 20.9. The number of nitrogens with zero attached hydrogens (tertiary/aromatic N) is 2. The first kappa shape index (κ1) is 14.7. The molecule has 1 aliphatic heterocycles. The molecule has 0 radical (unpaired) electrons. The molecule has 0 aliphatic carbocycles. The van der Waals surface area contributed by atoms with E-state index in [9.17, 15) is 4.79 Å². The van der Waals surface area contributed by atoms with E-state index in [4.69, 9.17) is 0 Å². The van der Waals surface area contributed by atoms with Crippen molar-refractivity contribution in [2.24, 2.45) is 0 Å². The summed E-state index contributed by atoms with van der Waals surface area (Å²) in [6, 6.07) is 0.545. The van der Waals surface area contributed by atoms with Crippen LogP contribution in [0.1, 0.15) is 31.6 Å². The van der Waals surface area contributed by atoms with Gasteiger partial charge < -0.3 is 5.32 Å². The zero-order valence-electron chi connectivity index (χ0n) is 11.1. The largest absolute Gasteiger partial charge is 0.302 e. The third-order valence-electron chi connectivity index (χ3n) is 3.25. The standard InChI is InChI=1S/C13H18BrN3OS/c1-9-5-11(6-14)3-4-17(9)8-12-7-15-13(19-12)16-10(2)18/h6-7,9H,3-5,8H2,1-2H3,(H,15,16,18)/b11-6-. The van der Waals surface area contributed by atoms with E-state index in [2.05, 4.69) is 43.0 Å². The van der Waals surface area contributed by atoms with Crippen molar-refractivity contribution in [2.45, 2.75) is 39.3 Å². The Morgan fingerprint density at radius 2 is 2.53 bits per heavy atom. The molecule has 1 atom stereocenters. The first-order valence-corrected chi connectivity index (χ1v) is 8.06. The Morgan fingerprint density at radius 1 is 1.74 bits per heavy atom. The van der Waals surface area contributed by atoms with Gasteiger partial charge in [-0.1, -0.05) is 21.5 Å². The normalized spacial score (nSPS) is 22.7. The van der Waals surface area contributed by atoms with Gasteiger partial charge in [-0.3, -0.25) is 9.69 Å². The van der Waals surface area contributed by atoms with Crippen LogP contribution < -0.4 is 5.32 Å². The van der Waals surface area contributed by atoms with Gasteiger partial charge in [-0.2, -0.15) is 0 Å². The van der Waals surface area contributed by atoms with E-state index in [0.29, 0.717) is 11.2 Å². The van der Waals surface area contributed by atoms with E-state index in [0.717, 1.165) is 25.9 Å². The maximum atomic E-state index is 11.0. The summed E-state index contributed by atoms with van der Waals surface area (Å²) in [6.07, 6.45) is 4.09. The Kier molecular flexibility index (Phi) is 5.13.